The van der Waals surface area contributed by atoms with Gasteiger partial charge in [0.15, 0.2) is 0 Å². The molecule has 1 aliphatic carbocycles. The van der Waals surface area contributed by atoms with Gasteiger partial charge in [-0.25, -0.2) is 0 Å². The first-order chi connectivity index (χ1) is 6.63. The molecule has 0 saturated heterocycles. The number of halogens is 2. The molecule has 0 N–H and O–H groups in total. The molecule has 0 spiro atoms. The molecule has 14 heavy (non-hydrogen) atoms. The Labute approximate surface area is 106 Å². The zero-order valence-electron chi connectivity index (χ0n) is 8.39. The van der Waals surface area contributed by atoms with Gasteiger partial charge in [-0.15, -0.1) is 11.3 Å². The van der Waals surface area contributed by atoms with Crippen LogP contribution in [0.4, 0.5) is 0 Å². The summed E-state index contributed by atoms with van der Waals surface area (Å²) >= 11 is 9.23. The van der Waals surface area contributed by atoms with E-state index in [4.69, 9.17) is 0 Å². The lowest BCUT2D eigenvalue weighted by atomic mass is 10.1. The van der Waals surface area contributed by atoms with E-state index in [1.165, 1.54) is 27.1 Å². The summed E-state index contributed by atoms with van der Waals surface area (Å²) in [6.45, 7) is 4.50. The van der Waals surface area contributed by atoms with Crippen LogP contribution in [0, 0.1) is 18.8 Å². The van der Waals surface area contributed by atoms with E-state index in [0.717, 1.165) is 11.8 Å². The van der Waals surface area contributed by atoms with Crippen molar-refractivity contribution in [3.63, 3.8) is 0 Å². The summed E-state index contributed by atoms with van der Waals surface area (Å²) in [7, 11) is 0. The molecule has 0 bridgehead atoms. The number of aryl methyl sites for hydroxylation is 1. The molecule has 1 saturated carbocycles. The Morgan fingerprint density at radius 1 is 1.64 bits per heavy atom. The minimum atomic E-state index is 0.579. The van der Waals surface area contributed by atoms with Gasteiger partial charge in [0.25, 0.3) is 0 Å². The van der Waals surface area contributed by atoms with Crippen molar-refractivity contribution < 1.29 is 0 Å². The molecule has 1 aromatic rings. The molecule has 2 rings (SSSR count). The van der Waals surface area contributed by atoms with Crippen LogP contribution < -0.4 is 0 Å². The normalized spacial score (nSPS) is 27.7. The fraction of sp³-hybridized carbons (Fsp3) is 0.636. The second-order valence-corrected chi connectivity index (χ2v) is 7.65. The fourth-order valence-electron chi connectivity index (χ4n) is 2.06. The monoisotopic (exact) mass is 336 g/mol. The Bertz CT molecular complexity index is 332. The van der Waals surface area contributed by atoms with Crippen molar-refractivity contribution in [3.05, 3.63) is 20.3 Å². The van der Waals surface area contributed by atoms with Crippen molar-refractivity contribution in [1.29, 1.82) is 0 Å². The lowest BCUT2D eigenvalue weighted by Crippen LogP contribution is -1.94. The van der Waals surface area contributed by atoms with E-state index in [2.05, 4.69) is 51.8 Å². The molecular formula is C11H14Br2S. The molecule has 0 radical (unpaired) electrons. The van der Waals surface area contributed by atoms with E-state index in [0.29, 0.717) is 4.83 Å². The molecule has 3 atom stereocenters. The first-order valence-electron chi connectivity index (χ1n) is 5.03. The molecule has 0 aliphatic heterocycles. The smallest absolute Gasteiger partial charge is 0.0704 e. The third-order valence-electron chi connectivity index (χ3n) is 3.10. The standard InChI is InChI=1S/C11H14Br2S/c1-3-7-4-9(7)11(13)8-5-10(12)14-6(8)2/h5,7,9,11H,3-4H2,1-2H3/t7-,9-,11?/m1/s1. The van der Waals surface area contributed by atoms with E-state index in [1.54, 1.807) is 0 Å². The molecular weight excluding hydrogens is 324 g/mol. The van der Waals surface area contributed by atoms with Crippen LogP contribution in [0.15, 0.2) is 9.85 Å². The van der Waals surface area contributed by atoms with E-state index in [1.807, 2.05) is 11.3 Å². The fourth-order valence-corrected chi connectivity index (χ4v) is 5.09. The summed E-state index contributed by atoms with van der Waals surface area (Å²) in [5.41, 5.74) is 1.49. The number of alkyl halides is 1. The van der Waals surface area contributed by atoms with Gasteiger partial charge >= 0.3 is 0 Å². The predicted molar refractivity (Wildman–Crippen MR) is 70.3 cm³/mol. The van der Waals surface area contributed by atoms with E-state index in [-0.39, 0.29) is 0 Å². The maximum Gasteiger partial charge on any atom is 0.0704 e. The minimum Gasteiger partial charge on any atom is -0.133 e. The van der Waals surface area contributed by atoms with Crippen LogP contribution in [-0.4, -0.2) is 0 Å². The van der Waals surface area contributed by atoms with Crippen molar-refractivity contribution in [2.24, 2.45) is 11.8 Å². The molecule has 1 fully saturated rings. The molecule has 1 heterocycles. The van der Waals surface area contributed by atoms with E-state index < -0.39 is 0 Å². The quantitative estimate of drug-likeness (QED) is 0.656. The summed E-state index contributed by atoms with van der Waals surface area (Å²) in [6, 6.07) is 2.27. The average molecular weight is 338 g/mol. The van der Waals surface area contributed by atoms with Gasteiger partial charge in [0.05, 0.1) is 3.79 Å². The van der Waals surface area contributed by atoms with Crippen LogP contribution in [0.3, 0.4) is 0 Å². The Kier molecular flexibility index (Phi) is 3.40. The summed E-state index contributed by atoms with van der Waals surface area (Å²) in [5.74, 6) is 1.83. The molecule has 78 valence electrons. The van der Waals surface area contributed by atoms with Crippen molar-refractivity contribution in [2.45, 2.75) is 31.5 Å². The molecule has 3 heteroatoms. The van der Waals surface area contributed by atoms with Gasteiger partial charge in [0.1, 0.15) is 0 Å². The second-order valence-electron chi connectivity index (χ2n) is 4.03. The third kappa shape index (κ3) is 2.10. The van der Waals surface area contributed by atoms with Crippen LogP contribution in [0.25, 0.3) is 0 Å². The maximum absolute atomic E-state index is 3.84. The highest BCUT2D eigenvalue weighted by Gasteiger charge is 2.41. The summed E-state index contributed by atoms with van der Waals surface area (Å²) in [4.78, 5) is 2.02. The van der Waals surface area contributed by atoms with Crippen molar-refractivity contribution in [3.8, 4) is 0 Å². The van der Waals surface area contributed by atoms with Gasteiger partial charge in [-0.3, -0.25) is 0 Å². The Hall–Kier alpha value is 0.660. The number of hydrogen-bond donors (Lipinski definition) is 0. The van der Waals surface area contributed by atoms with Gasteiger partial charge in [-0.05, 0) is 52.7 Å². The summed E-state index contributed by atoms with van der Waals surface area (Å²) in [6.07, 6.45) is 2.73. The highest BCUT2D eigenvalue weighted by atomic mass is 79.9. The maximum atomic E-state index is 3.84. The topological polar surface area (TPSA) is 0 Å². The van der Waals surface area contributed by atoms with E-state index >= 15 is 0 Å². The van der Waals surface area contributed by atoms with Gasteiger partial charge in [-0.1, -0.05) is 29.3 Å². The Balaban J connectivity index is 2.12. The Morgan fingerprint density at radius 3 is 2.79 bits per heavy atom. The Morgan fingerprint density at radius 2 is 2.36 bits per heavy atom. The van der Waals surface area contributed by atoms with Gasteiger partial charge in [0, 0.05) is 9.70 Å². The highest BCUT2D eigenvalue weighted by Crippen LogP contribution is 2.54. The van der Waals surface area contributed by atoms with Crippen LogP contribution in [0.2, 0.25) is 0 Å². The predicted octanol–water partition coefficient (Wildman–Crippen LogP) is 5.30. The lowest BCUT2D eigenvalue weighted by Gasteiger charge is -2.08. The molecule has 1 aliphatic rings. The van der Waals surface area contributed by atoms with Crippen molar-refractivity contribution in [1.82, 2.24) is 0 Å². The zero-order chi connectivity index (χ0) is 10.3. The van der Waals surface area contributed by atoms with Crippen LogP contribution in [-0.2, 0) is 0 Å². The van der Waals surface area contributed by atoms with Crippen molar-refractivity contribution >= 4 is 43.2 Å². The largest absolute Gasteiger partial charge is 0.133 e. The summed E-state index contributed by atoms with van der Waals surface area (Å²) < 4.78 is 1.25. The van der Waals surface area contributed by atoms with Gasteiger partial charge < -0.3 is 0 Å². The number of rotatable bonds is 3. The zero-order valence-corrected chi connectivity index (χ0v) is 12.4. The average Bonchev–Trinajstić information content (AvgIpc) is 2.85. The minimum absolute atomic E-state index is 0.579. The summed E-state index contributed by atoms with van der Waals surface area (Å²) in [5, 5.41) is 0. The van der Waals surface area contributed by atoms with Crippen LogP contribution in [0.1, 0.15) is 35.0 Å². The first kappa shape index (κ1) is 11.2. The molecule has 1 unspecified atom stereocenters. The lowest BCUT2D eigenvalue weighted by molar-refractivity contribution is 0.673. The SMILES string of the molecule is CC[C@@H]1C[C@H]1C(Br)c1cc(Br)sc1C. The molecule has 1 aromatic heterocycles. The molecule has 0 nitrogen and oxygen atoms in total. The van der Waals surface area contributed by atoms with Gasteiger partial charge in [0.2, 0.25) is 0 Å². The molecule has 0 aromatic carbocycles. The van der Waals surface area contributed by atoms with Crippen LogP contribution >= 0.6 is 43.2 Å². The van der Waals surface area contributed by atoms with Gasteiger partial charge in [-0.2, -0.15) is 0 Å². The van der Waals surface area contributed by atoms with E-state index in [9.17, 15) is 0 Å². The number of hydrogen-bond acceptors (Lipinski definition) is 1. The van der Waals surface area contributed by atoms with Crippen LogP contribution in [0.5, 0.6) is 0 Å². The molecule has 0 amide bonds. The number of thiophene rings is 1. The second kappa shape index (κ2) is 4.26. The first-order valence-corrected chi connectivity index (χ1v) is 7.56. The van der Waals surface area contributed by atoms with Crippen molar-refractivity contribution in [2.75, 3.05) is 0 Å². The highest BCUT2D eigenvalue weighted by molar-refractivity contribution is 9.11. The third-order valence-corrected chi connectivity index (χ3v) is 5.84.